The zero-order chi connectivity index (χ0) is 20.5. The molecule has 0 aliphatic carbocycles. The van der Waals surface area contributed by atoms with E-state index in [1.54, 1.807) is 18.2 Å². The van der Waals surface area contributed by atoms with Gasteiger partial charge >= 0.3 is 0 Å². The van der Waals surface area contributed by atoms with Crippen molar-refractivity contribution in [2.24, 2.45) is 0 Å². The number of phenols is 1. The van der Waals surface area contributed by atoms with E-state index in [0.29, 0.717) is 29.4 Å². The highest BCUT2D eigenvalue weighted by Gasteiger charge is 2.33. The lowest BCUT2D eigenvalue weighted by molar-refractivity contribution is 0.280. The zero-order valence-electron chi connectivity index (χ0n) is 15.4. The molecule has 1 aliphatic rings. The largest absolute Gasteiger partial charge is 0.505 e. The molecule has 0 spiro atoms. The summed E-state index contributed by atoms with van der Waals surface area (Å²) in [4.78, 5) is 0. The summed E-state index contributed by atoms with van der Waals surface area (Å²) < 4.78 is 11.7. The van der Waals surface area contributed by atoms with E-state index >= 15 is 0 Å². The van der Waals surface area contributed by atoms with E-state index in [0.717, 1.165) is 16.7 Å². The fourth-order valence-corrected chi connectivity index (χ4v) is 4.10. The van der Waals surface area contributed by atoms with Crippen LogP contribution >= 0.6 is 23.2 Å². The van der Waals surface area contributed by atoms with Gasteiger partial charge in [-0.2, -0.15) is 0 Å². The Labute approximate surface area is 178 Å². The maximum Gasteiger partial charge on any atom is 0.156 e. The average Bonchev–Trinajstić information content (AvgIpc) is 2.75. The molecule has 6 heteroatoms. The Hall–Kier alpha value is -2.66. The third-order valence-corrected chi connectivity index (χ3v) is 5.54. The van der Waals surface area contributed by atoms with Gasteiger partial charge in [-0.1, -0.05) is 66.2 Å². The van der Waals surface area contributed by atoms with Crippen molar-refractivity contribution < 1.29 is 19.7 Å². The molecule has 0 saturated carbocycles. The van der Waals surface area contributed by atoms with Gasteiger partial charge in [-0.05, 0) is 23.3 Å². The monoisotopic (exact) mass is 428 g/mol. The van der Waals surface area contributed by atoms with Crippen molar-refractivity contribution in [1.29, 1.82) is 0 Å². The van der Waals surface area contributed by atoms with Crippen LogP contribution < -0.4 is 9.47 Å². The van der Waals surface area contributed by atoms with Crippen molar-refractivity contribution in [1.82, 2.24) is 0 Å². The lowest BCUT2D eigenvalue weighted by atomic mass is 9.80. The van der Waals surface area contributed by atoms with Crippen LogP contribution in [0, 0.1) is 0 Å². The molecule has 1 unspecified atom stereocenters. The molecular formula is C23H18Cl2O4. The minimum atomic E-state index is -0.291. The van der Waals surface area contributed by atoms with Gasteiger partial charge in [0.15, 0.2) is 11.5 Å². The Balaban J connectivity index is 1.96. The second-order valence-electron chi connectivity index (χ2n) is 6.63. The molecule has 0 radical (unpaired) electrons. The summed E-state index contributed by atoms with van der Waals surface area (Å²) in [6.07, 6.45) is 1.66. The Bertz CT molecular complexity index is 1090. The number of phenolic OH excluding ortho intramolecular Hbond substituents is 1. The van der Waals surface area contributed by atoms with Crippen molar-refractivity contribution in [2.45, 2.75) is 12.5 Å². The Morgan fingerprint density at radius 2 is 1.86 bits per heavy atom. The van der Waals surface area contributed by atoms with Crippen molar-refractivity contribution in [3.63, 3.8) is 0 Å². The van der Waals surface area contributed by atoms with Crippen LogP contribution in [0.4, 0.5) is 0 Å². The van der Waals surface area contributed by atoms with Gasteiger partial charge in [0.25, 0.3) is 0 Å². The van der Waals surface area contributed by atoms with Crippen LogP contribution in [-0.2, 0) is 6.61 Å². The number of benzene rings is 3. The molecule has 148 valence electrons. The number of aliphatic hydroxyl groups excluding tert-OH is 1. The standard InChI is InChI=1S/C23H18Cl2O4/c1-2-9-28-14-7-8-16-19(10-14)29-23-17(11-18(24)22(27)21(23)25)20(16)15-6-4-3-5-13(15)12-26/h2-8,10-11,20,26-27H,1,9,12H2. The van der Waals surface area contributed by atoms with Gasteiger partial charge in [-0.25, -0.2) is 0 Å². The van der Waals surface area contributed by atoms with Crippen molar-refractivity contribution in [3.8, 4) is 23.0 Å². The molecule has 1 aliphatic heterocycles. The number of aromatic hydroxyl groups is 1. The first-order chi connectivity index (χ1) is 14.0. The number of ether oxygens (including phenoxy) is 2. The van der Waals surface area contributed by atoms with Crippen LogP contribution in [0.5, 0.6) is 23.0 Å². The molecular weight excluding hydrogens is 411 g/mol. The predicted molar refractivity (Wildman–Crippen MR) is 114 cm³/mol. The Kier molecular flexibility index (Phi) is 5.41. The number of hydrogen-bond donors (Lipinski definition) is 2. The van der Waals surface area contributed by atoms with E-state index in [4.69, 9.17) is 32.7 Å². The molecule has 1 heterocycles. The quantitative estimate of drug-likeness (QED) is 0.380. The van der Waals surface area contributed by atoms with Crippen LogP contribution in [0.1, 0.15) is 28.2 Å². The summed E-state index contributed by atoms with van der Waals surface area (Å²) in [5, 5.41) is 20.3. The molecule has 0 bridgehead atoms. The molecule has 0 fully saturated rings. The normalized spacial score (nSPS) is 14.5. The van der Waals surface area contributed by atoms with Crippen LogP contribution in [0.25, 0.3) is 0 Å². The number of halogens is 2. The van der Waals surface area contributed by atoms with Crippen molar-refractivity contribution in [2.75, 3.05) is 6.61 Å². The molecule has 0 amide bonds. The summed E-state index contributed by atoms with van der Waals surface area (Å²) in [6, 6.07) is 14.8. The predicted octanol–water partition coefficient (Wildman–Crippen LogP) is 6.04. The van der Waals surface area contributed by atoms with E-state index < -0.39 is 0 Å². The average molecular weight is 429 g/mol. The molecule has 4 rings (SSSR count). The third-order valence-electron chi connectivity index (χ3n) is 4.90. The first kappa shape index (κ1) is 19.6. The van der Waals surface area contributed by atoms with E-state index in [2.05, 4.69) is 6.58 Å². The zero-order valence-corrected chi connectivity index (χ0v) is 16.9. The Morgan fingerprint density at radius 1 is 1.07 bits per heavy atom. The van der Waals surface area contributed by atoms with Gasteiger partial charge in [0.1, 0.15) is 23.1 Å². The van der Waals surface area contributed by atoms with Crippen LogP contribution in [0.3, 0.4) is 0 Å². The minimum Gasteiger partial charge on any atom is -0.505 e. The smallest absolute Gasteiger partial charge is 0.156 e. The maximum absolute atomic E-state index is 10.2. The van der Waals surface area contributed by atoms with Gasteiger partial charge in [0, 0.05) is 23.1 Å². The van der Waals surface area contributed by atoms with Crippen LogP contribution in [-0.4, -0.2) is 16.8 Å². The van der Waals surface area contributed by atoms with E-state index in [-0.39, 0.29) is 28.3 Å². The highest BCUT2D eigenvalue weighted by Crippen LogP contribution is 2.54. The molecule has 4 nitrogen and oxygen atoms in total. The van der Waals surface area contributed by atoms with E-state index in [1.165, 1.54) is 0 Å². The lowest BCUT2D eigenvalue weighted by Gasteiger charge is -2.31. The summed E-state index contributed by atoms with van der Waals surface area (Å²) >= 11 is 12.6. The van der Waals surface area contributed by atoms with Gasteiger partial charge < -0.3 is 19.7 Å². The molecule has 3 aromatic rings. The molecule has 0 saturated heterocycles. The molecule has 29 heavy (non-hydrogen) atoms. The van der Waals surface area contributed by atoms with Gasteiger partial charge in [-0.15, -0.1) is 0 Å². The van der Waals surface area contributed by atoms with Crippen molar-refractivity contribution >= 4 is 23.2 Å². The second-order valence-corrected chi connectivity index (χ2v) is 7.42. The summed E-state index contributed by atoms with van der Waals surface area (Å²) in [5.74, 6) is 0.987. The second kappa shape index (κ2) is 7.99. The van der Waals surface area contributed by atoms with Gasteiger partial charge in [-0.3, -0.25) is 0 Å². The molecule has 2 N–H and O–H groups in total. The summed E-state index contributed by atoms with van der Waals surface area (Å²) in [5.41, 5.74) is 3.27. The van der Waals surface area contributed by atoms with Crippen molar-refractivity contribution in [3.05, 3.63) is 93.5 Å². The number of hydrogen-bond acceptors (Lipinski definition) is 4. The lowest BCUT2D eigenvalue weighted by Crippen LogP contribution is -2.14. The van der Waals surface area contributed by atoms with Gasteiger partial charge in [0.2, 0.25) is 0 Å². The first-order valence-corrected chi connectivity index (χ1v) is 9.75. The summed E-state index contributed by atoms with van der Waals surface area (Å²) in [6.45, 7) is 3.91. The highest BCUT2D eigenvalue weighted by atomic mass is 35.5. The SMILES string of the molecule is C=CCOc1ccc2c(c1)Oc1c(cc(Cl)c(O)c1Cl)C2c1ccccc1CO. The highest BCUT2D eigenvalue weighted by molar-refractivity contribution is 6.38. The Morgan fingerprint density at radius 3 is 2.62 bits per heavy atom. The fraction of sp³-hybridized carbons (Fsp3) is 0.130. The topological polar surface area (TPSA) is 58.9 Å². The molecule has 0 aromatic heterocycles. The van der Waals surface area contributed by atoms with Crippen LogP contribution in [0.15, 0.2) is 61.2 Å². The number of fused-ring (bicyclic) bond motifs is 2. The summed E-state index contributed by atoms with van der Waals surface area (Å²) in [7, 11) is 0. The van der Waals surface area contributed by atoms with E-state index in [9.17, 15) is 10.2 Å². The van der Waals surface area contributed by atoms with Crippen LogP contribution in [0.2, 0.25) is 10.0 Å². The van der Waals surface area contributed by atoms with Gasteiger partial charge in [0.05, 0.1) is 11.6 Å². The molecule has 1 atom stereocenters. The minimum absolute atomic E-state index is 0.0436. The molecule has 3 aromatic carbocycles. The maximum atomic E-state index is 10.2. The third kappa shape index (κ3) is 3.44. The number of rotatable bonds is 5. The first-order valence-electron chi connectivity index (χ1n) is 9.00. The number of aliphatic hydroxyl groups is 1. The van der Waals surface area contributed by atoms with E-state index in [1.807, 2.05) is 36.4 Å². The fourth-order valence-electron chi connectivity index (χ4n) is 3.59.